The number of hydrogen-bond acceptors (Lipinski definition) is 4. The summed E-state index contributed by atoms with van der Waals surface area (Å²) in [6, 6.07) is 7.63. The van der Waals surface area contributed by atoms with Crippen molar-refractivity contribution in [2.24, 2.45) is 62.1 Å². The lowest BCUT2D eigenvalue weighted by Crippen LogP contribution is -2.67. The molecule has 0 spiro atoms. The lowest BCUT2D eigenvalue weighted by molar-refractivity contribution is -0.228. The molecule has 5 saturated carbocycles. The Morgan fingerprint density at radius 1 is 0.778 bits per heavy atom. The Morgan fingerprint density at radius 2 is 1.44 bits per heavy atom. The number of hydrogen-bond donors (Lipinski definition) is 2. The van der Waals surface area contributed by atoms with Crippen LogP contribution >= 0.6 is 0 Å². The first kappa shape index (κ1) is 38.7. The second-order valence-corrected chi connectivity index (χ2v) is 22.1. The van der Waals surface area contributed by atoms with Gasteiger partial charge < -0.3 is 15.3 Å². The van der Waals surface area contributed by atoms with Gasteiger partial charge in [0, 0.05) is 38.3 Å². The van der Waals surface area contributed by atoms with Gasteiger partial charge in [-0.3, -0.25) is 9.69 Å². The number of allylic oxidation sites excluding steroid dienone is 2. The topological polar surface area (TPSA) is 72.9 Å². The van der Waals surface area contributed by atoms with Crippen LogP contribution in [0.5, 0.6) is 0 Å². The van der Waals surface area contributed by atoms with Crippen LogP contribution in [0.2, 0.25) is 0 Å². The highest BCUT2D eigenvalue weighted by molar-refractivity contribution is 5.88. The molecule has 2 N–H and O–H groups in total. The largest absolute Gasteiger partial charge is 0.478 e. The Labute approximate surface area is 327 Å². The molecule has 6 nitrogen and oxygen atoms in total. The number of benzene rings is 1. The van der Waals surface area contributed by atoms with Crippen molar-refractivity contribution in [1.82, 2.24) is 15.1 Å². The van der Waals surface area contributed by atoms with Crippen LogP contribution in [0.15, 0.2) is 30.3 Å². The molecule has 1 aromatic carbocycles. The van der Waals surface area contributed by atoms with Crippen LogP contribution in [0.25, 0.3) is 5.57 Å². The molecular weight excluding hydrogens is 667 g/mol. The summed E-state index contributed by atoms with van der Waals surface area (Å²) in [5, 5.41) is 13.3. The molecule has 1 aromatic rings. The third kappa shape index (κ3) is 5.74. The summed E-state index contributed by atoms with van der Waals surface area (Å²) >= 11 is 0. The fourth-order valence-corrected chi connectivity index (χ4v) is 15.5. The molecule has 6 fully saturated rings. The van der Waals surface area contributed by atoms with Gasteiger partial charge in [0.15, 0.2) is 0 Å². The van der Waals surface area contributed by atoms with Gasteiger partial charge in [0.25, 0.3) is 0 Å². The highest BCUT2D eigenvalue weighted by Gasteiger charge is 2.73. The van der Waals surface area contributed by atoms with Gasteiger partial charge in [-0.05, 0) is 171 Å². The normalized spacial score (nSPS) is 41.4. The summed E-state index contributed by atoms with van der Waals surface area (Å²) in [7, 11) is 0. The molecule has 8 rings (SSSR count). The van der Waals surface area contributed by atoms with E-state index < -0.39 is 5.97 Å². The van der Waals surface area contributed by atoms with Crippen molar-refractivity contribution in [3.05, 3.63) is 41.5 Å². The molecule has 6 heteroatoms. The van der Waals surface area contributed by atoms with Crippen LogP contribution in [0.4, 0.5) is 0 Å². The van der Waals surface area contributed by atoms with Crippen LogP contribution < -0.4 is 5.32 Å². The summed E-state index contributed by atoms with van der Waals surface area (Å²) in [6.45, 7) is 28.9. The number of piperazine rings is 1. The van der Waals surface area contributed by atoms with Crippen LogP contribution in [-0.2, 0) is 4.79 Å². The predicted octanol–water partition coefficient (Wildman–Crippen LogP) is 9.79. The Balaban J connectivity index is 1.07. The van der Waals surface area contributed by atoms with Crippen molar-refractivity contribution in [1.29, 1.82) is 0 Å². The minimum Gasteiger partial charge on any atom is -0.478 e. The standard InChI is InChI=1S/C48H73N3O3/c1-10-50-27-29-51(30-28-50)31-42(2,3)49-41(54)48-22-18-35(44(6)23-24-44)39(48)36-15-16-38-45(7)20-17-34(32-11-13-33(14-12-32)40(52)53)43(4,5)37(45)19-21-47(38,9)46(36,8)25-26-48/h11-14,17,35-39H,10,15-16,18-31H2,1-9H3,(H,49,54)(H,52,53)/t35-,36-,37?,38?,39?,45+,46-,47-,48+/m1/s1. The van der Waals surface area contributed by atoms with Gasteiger partial charge >= 0.3 is 5.97 Å². The number of fused-ring (bicyclic) bond motifs is 7. The van der Waals surface area contributed by atoms with Gasteiger partial charge in [-0.1, -0.05) is 66.7 Å². The molecule has 54 heavy (non-hydrogen) atoms. The zero-order valence-electron chi connectivity index (χ0n) is 35.5. The molecular formula is C48H73N3O3. The maximum Gasteiger partial charge on any atom is 0.335 e. The number of likely N-dealkylation sites (N-methyl/N-ethyl adjacent to an activating group) is 1. The second-order valence-electron chi connectivity index (χ2n) is 22.1. The van der Waals surface area contributed by atoms with E-state index in [1.54, 1.807) is 12.1 Å². The van der Waals surface area contributed by atoms with E-state index >= 15 is 4.79 Å². The van der Waals surface area contributed by atoms with Crippen molar-refractivity contribution in [2.75, 3.05) is 39.3 Å². The summed E-state index contributed by atoms with van der Waals surface area (Å²) in [6.07, 6.45) is 15.9. The van der Waals surface area contributed by atoms with Crippen LogP contribution in [0, 0.1) is 62.1 Å². The van der Waals surface area contributed by atoms with Gasteiger partial charge in [-0.15, -0.1) is 0 Å². The molecule has 9 atom stereocenters. The SMILES string of the molecule is CCN1CCN(CC(C)(C)NC(=O)[C@]23CC[C@@H](C4(C)CC4)C2[C@H]2CCC4[C@@]5(C)CC=C(c6ccc(C(=O)O)cc6)C(C)(C)C5CC[C@@]4(C)[C@]2(C)CC3)CC1. The van der Waals surface area contributed by atoms with Gasteiger partial charge in [0.2, 0.25) is 5.91 Å². The van der Waals surface area contributed by atoms with Gasteiger partial charge in [0.05, 0.1) is 11.0 Å². The van der Waals surface area contributed by atoms with E-state index in [9.17, 15) is 9.90 Å². The molecule has 1 saturated heterocycles. The first-order valence-electron chi connectivity index (χ1n) is 22.2. The molecule has 1 aliphatic heterocycles. The van der Waals surface area contributed by atoms with Crippen molar-refractivity contribution >= 4 is 17.4 Å². The maximum atomic E-state index is 15.1. The summed E-state index contributed by atoms with van der Waals surface area (Å²) < 4.78 is 0. The average molecular weight is 740 g/mol. The number of nitrogens with zero attached hydrogens (tertiary/aromatic N) is 2. The number of carbonyl (C=O) groups is 2. The maximum absolute atomic E-state index is 15.1. The monoisotopic (exact) mass is 740 g/mol. The molecule has 0 aromatic heterocycles. The smallest absolute Gasteiger partial charge is 0.335 e. The zero-order valence-corrected chi connectivity index (χ0v) is 35.5. The van der Waals surface area contributed by atoms with Gasteiger partial charge in [-0.25, -0.2) is 4.79 Å². The van der Waals surface area contributed by atoms with Crippen LogP contribution in [-0.4, -0.2) is 71.6 Å². The highest BCUT2D eigenvalue weighted by Crippen LogP contribution is 2.79. The third-order valence-corrected chi connectivity index (χ3v) is 18.8. The lowest BCUT2D eigenvalue weighted by Gasteiger charge is -2.72. The van der Waals surface area contributed by atoms with Crippen molar-refractivity contribution < 1.29 is 14.7 Å². The minimum absolute atomic E-state index is 0.00410. The van der Waals surface area contributed by atoms with E-state index in [0.29, 0.717) is 46.5 Å². The van der Waals surface area contributed by atoms with E-state index in [4.69, 9.17) is 0 Å². The minimum atomic E-state index is -0.863. The molecule has 0 bridgehead atoms. The second kappa shape index (κ2) is 12.9. The summed E-state index contributed by atoms with van der Waals surface area (Å²) in [5.41, 5.74) is 3.56. The Morgan fingerprint density at radius 3 is 2.07 bits per heavy atom. The lowest BCUT2D eigenvalue weighted by atomic mass is 9.32. The van der Waals surface area contributed by atoms with Crippen molar-refractivity contribution in [3.63, 3.8) is 0 Å². The van der Waals surface area contributed by atoms with E-state index in [1.807, 2.05) is 12.1 Å². The number of amides is 1. The first-order chi connectivity index (χ1) is 25.3. The zero-order chi connectivity index (χ0) is 38.7. The van der Waals surface area contributed by atoms with Crippen molar-refractivity contribution in [2.45, 2.75) is 138 Å². The molecule has 0 radical (unpaired) electrons. The van der Waals surface area contributed by atoms with Gasteiger partial charge in [-0.2, -0.15) is 0 Å². The first-order valence-corrected chi connectivity index (χ1v) is 22.2. The highest BCUT2D eigenvalue weighted by atomic mass is 16.4. The average Bonchev–Trinajstić information content (AvgIpc) is 3.72. The number of aromatic carboxylic acids is 1. The molecule has 298 valence electrons. The fourth-order valence-electron chi connectivity index (χ4n) is 15.5. The Bertz CT molecular complexity index is 1670. The third-order valence-electron chi connectivity index (χ3n) is 18.8. The quantitative estimate of drug-likeness (QED) is 0.278. The van der Waals surface area contributed by atoms with Crippen LogP contribution in [0.1, 0.15) is 149 Å². The predicted molar refractivity (Wildman–Crippen MR) is 219 cm³/mol. The number of nitrogens with one attached hydrogen (secondary N) is 1. The molecule has 7 aliphatic rings. The number of rotatable bonds is 8. The van der Waals surface area contributed by atoms with E-state index in [2.05, 4.69) is 83.5 Å². The summed E-state index contributed by atoms with van der Waals surface area (Å²) in [5.74, 6) is 2.51. The molecule has 6 aliphatic carbocycles. The van der Waals surface area contributed by atoms with Crippen molar-refractivity contribution in [3.8, 4) is 0 Å². The number of carboxylic acids is 1. The number of carboxylic acid groups (broad SMARTS) is 1. The molecule has 1 heterocycles. The van der Waals surface area contributed by atoms with Gasteiger partial charge in [0.1, 0.15) is 0 Å². The van der Waals surface area contributed by atoms with Crippen LogP contribution in [0.3, 0.4) is 0 Å². The van der Waals surface area contributed by atoms with E-state index in [-0.39, 0.29) is 32.6 Å². The molecule has 1 amide bonds. The fraction of sp³-hybridized carbons (Fsp3) is 0.792. The Kier molecular flexibility index (Phi) is 9.25. The van der Waals surface area contributed by atoms with E-state index in [0.717, 1.165) is 58.5 Å². The summed E-state index contributed by atoms with van der Waals surface area (Å²) in [4.78, 5) is 31.9. The van der Waals surface area contributed by atoms with E-state index in [1.165, 1.54) is 62.5 Å². The molecule has 3 unspecified atom stereocenters. The number of carbonyl (C=O) groups excluding carboxylic acids is 1. The Hall–Kier alpha value is -2.18.